The lowest BCUT2D eigenvalue weighted by Gasteiger charge is -2.32. The molecular formula is C17H26N2O. The number of benzene rings is 1. The number of carbonyl (C=O) groups excluding carboxylic acids is 1. The summed E-state index contributed by atoms with van der Waals surface area (Å²) in [6.07, 6.45) is 4.39. The van der Waals surface area contributed by atoms with E-state index in [1.807, 2.05) is 18.0 Å². The van der Waals surface area contributed by atoms with E-state index in [1.165, 1.54) is 12.0 Å². The number of hydrogen-bond acceptors (Lipinski definition) is 2. The van der Waals surface area contributed by atoms with Crippen molar-refractivity contribution < 1.29 is 4.79 Å². The van der Waals surface area contributed by atoms with Crippen LogP contribution in [-0.2, 0) is 11.2 Å². The predicted octanol–water partition coefficient (Wildman–Crippen LogP) is 2.47. The fraction of sp³-hybridized carbons (Fsp3) is 0.588. The minimum absolute atomic E-state index is 0.0190. The topological polar surface area (TPSA) is 32.3 Å². The van der Waals surface area contributed by atoms with Gasteiger partial charge in [-0.05, 0) is 43.7 Å². The van der Waals surface area contributed by atoms with Crippen molar-refractivity contribution in [3.63, 3.8) is 0 Å². The van der Waals surface area contributed by atoms with E-state index in [0.717, 1.165) is 32.4 Å². The van der Waals surface area contributed by atoms with Crippen molar-refractivity contribution in [2.24, 2.45) is 5.92 Å². The Kier molecular flexibility index (Phi) is 5.60. The Balaban J connectivity index is 1.76. The lowest BCUT2D eigenvalue weighted by Crippen LogP contribution is -2.51. The summed E-state index contributed by atoms with van der Waals surface area (Å²) in [5.41, 5.74) is 1.34. The summed E-state index contributed by atoms with van der Waals surface area (Å²) in [5, 5.41) is 3.37. The SMILES string of the molecule is CC1CCCNC1C(=O)N(C)CCCc1ccccc1. The average Bonchev–Trinajstić information content (AvgIpc) is 2.48. The number of nitrogens with zero attached hydrogens (tertiary/aromatic N) is 1. The highest BCUT2D eigenvalue weighted by Gasteiger charge is 2.29. The van der Waals surface area contributed by atoms with Crippen LogP contribution in [-0.4, -0.2) is 37.0 Å². The number of aryl methyl sites for hydroxylation is 1. The first kappa shape index (κ1) is 15.0. The smallest absolute Gasteiger partial charge is 0.239 e. The van der Waals surface area contributed by atoms with E-state index in [1.54, 1.807) is 0 Å². The Labute approximate surface area is 122 Å². The van der Waals surface area contributed by atoms with Gasteiger partial charge in [-0.2, -0.15) is 0 Å². The fourth-order valence-corrected chi connectivity index (χ4v) is 2.89. The van der Waals surface area contributed by atoms with Gasteiger partial charge in [-0.3, -0.25) is 4.79 Å². The molecule has 0 aromatic heterocycles. The van der Waals surface area contributed by atoms with Crippen LogP contribution in [0, 0.1) is 5.92 Å². The van der Waals surface area contributed by atoms with Crippen molar-refractivity contribution in [2.75, 3.05) is 20.1 Å². The highest BCUT2D eigenvalue weighted by Crippen LogP contribution is 2.17. The first-order valence-corrected chi connectivity index (χ1v) is 7.71. The van der Waals surface area contributed by atoms with Gasteiger partial charge in [0.05, 0.1) is 6.04 Å². The quantitative estimate of drug-likeness (QED) is 0.894. The zero-order valence-electron chi connectivity index (χ0n) is 12.6. The van der Waals surface area contributed by atoms with E-state index in [9.17, 15) is 4.79 Å². The third-order valence-corrected chi connectivity index (χ3v) is 4.21. The van der Waals surface area contributed by atoms with Gasteiger partial charge in [0.1, 0.15) is 0 Å². The third-order valence-electron chi connectivity index (χ3n) is 4.21. The Morgan fingerprint density at radius 2 is 2.10 bits per heavy atom. The molecule has 2 rings (SSSR count). The van der Waals surface area contributed by atoms with Gasteiger partial charge in [-0.25, -0.2) is 0 Å². The molecular weight excluding hydrogens is 248 g/mol. The maximum atomic E-state index is 12.4. The van der Waals surface area contributed by atoms with Gasteiger partial charge in [0, 0.05) is 13.6 Å². The largest absolute Gasteiger partial charge is 0.344 e. The predicted molar refractivity (Wildman–Crippen MR) is 82.6 cm³/mol. The van der Waals surface area contributed by atoms with Crippen LogP contribution < -0.4 is 5.32 Å². The van der Waals surface area contributed by atoms with Crippen molar-refractivity contribution in [1.82, 2.24) is 10.2 Å². The number of nitrogens with one attached hydrogen (secondary N) is 1. The number of likely N-dealkylation sites (N-methyl/N-ethyl adjacent to an activating group) is 1. The Hall–Kier alpha value is -1.35. The fourth-order valence-electron chi connectivity index (χ4n) is 2.89. The van der Waals surface area contributed by atoms with Crippen molar-refractivity contribution >= 4 is 5.91 Å². The molecule has 110 valence electrons. The summed E-state index contributed by atoms with van der Waals surface area (Å²) in [6.45, 7) is 3.98. The van der Waals surface area contributed by atoms with Crippen LogP contribution in [0.2, 0.25) is 0 Å². The molecule has 20 heavy (non-hydrogen) atoms. The molecule has 1 fully saturated rings. The van der Waals surface area contributed by atoms with E-state index >= 15 is 0 Å². The molecule has 1 aromatic rings. The summed E-state index contributed by atoms with van der Waals surface area (Å²) in [7, 11) is 1.93. The molecule has 1 aromatic carbocycles. The van der Waals surface area contributed by atoms with Gasteiger partial charge in [0.2, 0.25) is 5.91 Å². The summed E-state index contributed by atoms with van der Waals surface area (Å²) >= 11 is 0. The normalized spacial score (nSPS) is 22.5. The molecule has 3 heteroatoms. The molecule has 0 saturated carbocycles. The van der Waals surface area contributed by atoms with E-state index in [4.69, 9.17) is 0 Å². The van der Waals surface area contributed by atoms with Gasteiger partial charge >= 0.3 is 0 Å². The van der Waals surface area contributed by atoms with Gasteiger partial charge in [-0.15, -0.1) is 0 Å². The van der Waals surface area contributed by atoms with Crippen LogP contribution in [0.5, 0.6) is 0 Å². The Bertz CT molecular complexity index is 418. The third kappa shape index (κ3) is 4.07. The first-order chi connectivity index (χ1) is 9.68. The van der Waals surface area contributed by atoms with Crippen molar-refractivity contribution in [1.29, 1.82) is 0 Å². The second kappa shape index (κ2) is 7.44. The van der Waals surface area contributed by atoms with Crippen LogP contribution in [0.25, 0.3) is 0 Å². The second-order valence-electron chi connectivity index (χ2n) is 5.90. The molecule has 1 saturated heterocycles. The molecule has 3 nitrogen and oxygen atoms in total. The first-order valence-electron chi connectivity index (χ1n) is 7.71. The van der Waals surface area contributed by atoms with Crippen LogP contribution in [0.1, 0.15) is 31.7 Å². The second-order valence-corrected chi connectivity index (χ2v) is 5.90. The van der Waals surface area contributed by atoms with Crippen molar-refractivity contribution in [3.05, 3.63) is 35.9 Å². The molecule has 1 N–H and O–H groups in total. The lowest BCUT2D eigenvalue weighted by molar-refractivity contribution is -0.134. The molecule has 1 heterocycles. The van der Waals surface area contributed by atoms with Crippen LogP contribution >= 0.6 is 0 Å². The van der Waals surface area contributed by atoms with Gasteiger partial charge in [0.25, 0.3) is 0 Å². The molecule has 0 bridgehead atoms. The molecule has 1 amide bonds. The molecule has 0 aliphatic carbocycles. The maximum absolute atomic E-state index is 12.4. The number of hydrogen-bond donors (Lipinski definition) is 1. The summed E-state index contributed by atoms with van der Waals surface area (Å²) in [6, 6.07) is 10.5. The average molecular weight is 274 g/mol. The standard InChI is InChI=1S/C17H26N2O/c1-14-8-6-12-18-16(14)17(20)19(2)13-7-11-15-9-4-3-5-10-15/h3-5,9-10,14,16,18H,6-8,11-13H2,1-2H3. The molecule has 0 radical (unpaired) electrons. The zero-order valence-corrected chi connectivity index (χ0v) is 12.6. The highest BCUT2D eigenvalue weighted by molar-refractivity contribution is 5.82. The van der Waals surface area contributed by atoms with E-state index in [-0.39, 0.29) is 11.9 Å². The number of rotatable bonds is 5. The summed E-state index contributed by atoms with van der Waals surface area (Å²) in [4.78, 5) is 14.3. The maximum Gasteiger partial charge on any atom is 0.239 e. The molecule has 1 aliphatic heterocycles. The van der Waals surface area contributed by atoms with Crippen molar-refractivity contribution in [3.8, 4) is 0 Å². The molecule has 2 atom stereocenters. The van der Waals surface area contributed by atoms with Crippen LogP contribution in [0.3, 0.4) is 0 Å². The van der Waals surface area contributed by atoms with Crippen LogP contribution in [0.4, 0.5) is 0 Å². The van der Waals surface area contributed by atoms with Gasteiger partial charge in [0.15, 0.2) is 0 Å². The Morgan fingerprint density at radius 3 is 2.80 bits per heavy atom. The van der Waals surface area contributed by atoms with Gasteiger partial charge < -0.3 is 10.2 Å². The molecule has 2 unspecified atom stereocenters. The van der Waals surface area contributed by atoms with E-state index < -0.39 is 0 Å². The van der Waals surface area contributed by atoms with Crippen molar-refractivity contribution in [2.45, 2.75) is 38.6 Å². The molecule has 1 aliphatic rings. The minimum atomic E-state index is 0.0190. The Morgan fingerprint density at radius 1 is 1.35 bits per heavy atom. The van der Waals surface area contributed by atoms with E-state index in [2.05, 4.69) is 36.5 Å². The highest BCUT2D eigenvalue weighted by atomic mass is 16.2. The lowest BCUT2D eigenvalue weighted by atomic mass is 9.92. The molecule has 0 spiro atoms. The number of carbonyl (C=O) groups is 1. The van der Waals surface area contributed by atoms with Crippen LogP contribution in [0.15, 0.2) is 30.3 Å². The van der Waals surface area contributed by atoms with Gasteiger partial charge in [-0.1, -0.05) is 37.3 Å². The number of amides is 1. The summed E-state index contributed by atoms with van der Waals surface area (Å²) in [5.74, 6) is 0.707. The monoisotopic (exact) mass is 274 g/mol. The zero-order chi connectivity index (χ0) is 14.4. The van der Waals surface area contributed by atoms with E-state index in [0.29, 0.717) is 5.92 Å². The minimum Gasteiger partial charge on any atom is -0.344 e. The summed E-state index contributed by atoms with van der Waals surface area (Å²) < 4.78 is 0. The number of piperidine rings is 1.